The van der Waals surface area contributed by atoms with Gasteiger partial charge in [0.1, 0.15) is 17.4 Å². The van der Waals surface area contributed by atoms with Crippen LogP contribution in [0.2, 0.25) is 5.02 Å². The highest BCUT2D eigenvalue weighted by molar-refractivity contribution is 6.30. The number of furan rings is 1. The van der Waals surface area contributed by atoms with Crippen molar-refractivity contribution in [3.05, 3.63) is 69.9 Å². The monoisotopic (exact) mass is 286 g/mol. The molecule has 2 aromatic carbocycles. The van der Waals surface area contributed by atoms with Gasteiger partial charge in [0, 0.05) is 10.4 Å². The quantitative estimate of drug-likeness (QED) is 0.735. The summed E-state index contributed by atoms with van der Waals surface area (Å²) in [6, 6.07) is 13.4. The highest BCUT2D eigenvalue weighted by atomic mass is 35.5. The van der Waals surface area contributed by atoms with E-state index in [0.717, 1.165) is 27.7 Å². The Bertz CT molecular complexity index is 754. The minimum absolute atomic E-state index is 0.538. The molecule has 3 aromatic rings. The molecule has 0 saturated carbocycles. The van der Waals surface area contributed by atoms with E-state index in [1.165, 1.54) is 0 Å². The third-order valence-corrected chi connectivity index (χ3v) is 3.63. The minimum atomic E-state index is -0.806. The number of aryl methyl sites for hydroxylation is 2. The summed E-state index contributed by atoms with van der Waals surface area (Å²) in [6.45, 7) is 3.94. The second kappa shape index (κ2) is 4.97. The van der Waals surface area contributed by atoms with Crippen molar-refractivity contribution in [2.24, 2.45) is 0 Å². The highest BCUT2D eigenvalue weighted by Crippen LogP contribution is 2.31. The number of aliphatic hydroxyl groups is 1. The van der Waals surface area contributed by atoms with Gasteiger partial charge in [-0.25, -0.2) is 0 Å². The van der Waals surface area contributed by atoms with Gasteiger partial charge >= 0.3 is 0 Å². The first-order chi connectivity index (χ1) is 9.54. The zero-order valence-electron chi connectivity index (χ0n) is 11.4. The molecule has 0 amide bonds. The third kappa shape index (κ3) is 2.33. The predicted molar refractivity (Wildman–Crippen MR) is 81.2 cm³/mol. The number of rotatable bonds is 2. The molecule has 3 rings (SSSR count). The van der Waals surface area contributed by atoms with Gasteiger partial charge in [-0.15, -0.1) is 0 Å². The molecule has 2 nitrogen and oxygen atoms in total. The van der Waals surface area contributed by atoms with Crippen LogP contribution in [0.3, 0.4) is 0 Å². The molecule has 0 aliphatic carbocycles. The maximum Gasteiger partial charge on any atom is 0.138 e. The van der Waals surface area contributed by atoms with Crippen molar-refractivity contribution in [1.29, 1.82) is 0 Å². The molecule has 20 heavy (non-hydrogen) atoms. The first-order valence-corrected chi connectivity index (χ1v) is 6.86. The summed E-state index contributed by atoms with van der Waals surface area (Å²) in [5.74, 6) is 0.538. The van der Waals surface area contributed by atoms with Gasteiger partial charge in [0.15, 0.2) is 0 Å². The van der Waals surface area contributed by atoms with Crippen LogP contribution in [0.15, 0.2) is 46.9 Å². The van der Waals surface area contributed by atoms with Gasteiger partial charge < -0.3 is 9.52 Å². The van der Waals surface area contributed by atoms with Crippen molar-refractivity contribution in [2.75, 3.05) is 0 Å². The SMILES string of the molecule is Cc1cc(Cl)cc(C(O)c2cc3cccc(C)c3o2)c1. The predicted octanol–water partition coefficient (Wildman–Crippen LogP) is 4.78. The smallest absolute Gasteiger partial charge is 0.138 e. The molecule has 0 spiro atoms. The van der Waals surface area contributed by atoms with Gasteiger partial charge in [0.25, 0.3) is 0 Å². The Balaban J connectivity index is 2.07. The number of fused-ring (bicyclic) bond motifs is 1. The zero-order chi connectivity index (χ0) is 14.3. The molecule has 1 aromatic heterocycles. The summed E-state index contributed by atoms with van der Waals surface area (Å²) in [5.41, 5.74) is 3.63. The molecule has 1 N–H and O–H groups in total. The second-order valence-electron chi connectivity index (χ2n) is 5.11. The summed E-state index contributed by atoms with van der Waals surface area (Å²) in [4.78, 5) is 0. The van der Waals surface area contributed by atoms with Crippen LogP contribution in [0.25, 0.3) is 11.0 Å². The van der Waals surface area contributed by atoms with E-state index in [0.29, 0.717) is 10.8 Å². The maximum absolute atomic E-state index is 10.5. The van der Waals surface area contributed by atoms with Crippen LogP contribution in [0.1, 0.15) is 28.6 Å². The number of aliphatic hydroxyl groups excluding tert-OH is 1. The summed E-state index contributed by atoms with van der Waals surface area (Å²) in [5, 5.41) is 12.1. The van der Waals surface area contributed by atoms with E-state index in [4.69, 9.17) is 16.0 Å². The van der Waals surface area contributed by atoms with Crippen LogP contribution < -0.4 is 0 Å². The fraction of sp³-hybridized carbons (Fsp3) is 0.176. The Morgan fingerprint density at radius 2 is 1.90 bits per heavy atom. The van der Waals surface area contributed by atoms with Crippen molar-refractivity contribution in [1.82, 2.24) is 0 Å². The molecule has 102 valence electrons. The molecule has 3 heteroatoms. The molecule has 0 bridgehead atoms. The van der Waals surface area contributed by atoms with E-state index in [-0.39, 0.29) is 0 Å². The minimum Gasteiger partial charge on any atom is -0.458 e. The highest BCUT2D eigenvalue weighted by Gasteiger charge is 2.17. The topological polar surface area (TPSA) is 33.4 Å². The van der Waals surface area contributed by atoms with Crippen molar-refractivity contribution >= 4 is 22.6 Å². The van der Waals surface area contributed by atoms with Gasteiger partial charge in [-0.1, -0.05) is 35.9 Å². The average Bonchev–Trinajstić information content (AvgIpc) is 2.82. The van der Waals surface area contributed by atoms with E-state index < -0.39 is 6.10 Å². The number of hydrogen-bond donors (Lipinski definition) is 1. The van der Waals surface area contributed by atoms with Crippen molar-refractivity contribution in [3.8, 4) is 0 Å². The largest absolute Gasteiger partial charge is 0.458 e. The summed E-state index contributed by atoms with van der Waals surface area (Å²) in [7, 11) is 0. The van der Waals surface area contributed by atoms with Crippen molar-refractivity contribution in [2.45, 2.75) is 20.0 Å². The molecular formula is C17H15ClO2. The third-order valence-electron chi connectivity index (χ3n) is 3.41. The summed E-state index contributed by atoms with van der Waals surface area (Å²) in [6.07, 6.45) is -0.806. The Hall–Kier alpha value is -1.77. The van der Waals surface area contributed by atoms with Crippen molar-refractivity contribution in [3.63, 3.8) is 0 Å². The van der Waals surface area contributed by atoms with E-state index in [2.05, 4.69) is 0 Å². The maximum atomic E-state index is 10.5. The number of para-hydroxylation sites is 1. The number of halogens is 1. The standard InChI is InChI=1S/C17H15ClO2/c1-10-6-13(8-14(18)7-10)16(19)15-9-12-5-3-4-11(2)17(12)20-15/h3-9,16,19H,1-2H3. The molecule has 0 fully saturated rings. The fourth-order valence-electron chi connectivity index (χ4n) is 2.45. The lowest BCUT2D eigenvalue weighted by Crippen LogP contribution is -1.98. The Morgan fingerprint density at radius 3 is 2.60 bits per heavy atom. The molecule has 1 heterocycles. The number of benzene rings is 2. The van der Waals surface area contributed by atoms with Gasteiger partial charge in [-0.05, 0) is 48.7 Å². The molecule has 0 radical (unpaired) electrons. The lowest BCUT2D eigenvalue weighted by molar-refractivity contribution is 0.192. The summed E-state index contributed by atoms with van der Waals surface area (Å²) < 4.78 is 5.80. The molecule has 1 atom stereocenters. The second-order valence-corrected chi connectivity index (χ2v) is 5.54. The van der Waals surface area contributed by atoms with E-state index in [9.17, 15) is 5.11 Å². The van der Waals surface area contributed by atoms with Gasteiger partial charge in [0.2, 0.25) is 0 Å². The van der Waals surface area contributed by atoms with Crippen molar-refractivity contribution < 1.29 is 9.52 Å². The summed E-state index contributed by atoms with van der Waals surface area (Å²) >= 11 is 6.04. The van der Waals surface area contributed by atoms with E-state index >= 15 is 0 Å². The average molecular weight is 287 g/mol. The Labute approximate surface area is 122 Å². The lowest BCUT2D eigenvalue weighted by atomic mass is 10.0. The molecular weight excluding hydrogens is 272 g/mol. The Morgan fingerprint density at radius 1 is 1.10 bits per heavy atom. The van der Waals surface area contributed by atoms with Crippen LogP contribution in [0.5, 0.6) is 0 Å². The zero-order valence-corrected chi connectivity index (χ0v) is 12.1. The molecule has 0 aliphatic rings. The van der Waals surface area contributed by atoms with Gasteiger partial charge in [0.05, 0.1) is 0 Å². The van der Waals surface area contributed by atoms with E-state index in [1.54, 1.807) is 6.07 Å². The molecule has 0 saturated heterocycles. The van der Waals surface area contributed by atoms with Crippen LogP contribution in [-0.2, 0) is 0 Å². The van der Waals surface area contributed by atoms with Crippen LogP contribution in [0.4, 0.5) is 0 Å². The van der Waals surface area contributed by atoms with Gasteiger partial charge in [-0.3, -0.25) is 0 Å². The van der Waals surface area contributed by atoms with E-state index in [1.807, 2.05) is 50.2 Å². The van der Waals surface area contributed by atoms with Gasteiger partial charge in [-0.2, -0.15) is 0 Å². The lowest BCUT2D eigenvalue weighted by Gasteiger charge is -2.09. The Kier molecular flexibility index (Phi) is 3.28. The first kappa shape index (κ1) is 13.2. The molecule has 1 unspecified atom stereocenters. The van der Waals surface area contributed by atoms with Crippen LogP contribution in [0, 0.1) is 13.8 Å². The first-order valence-electron chi connectivity index (χ1n) is 6.49. The normalized spacial score (nSPS) is 12.8. The van der Waals surface area contributed by atoms with Crippen LogP contribution in [-0.4, -0.2) is 5.11 Å². The van der Waals surface area contributed by atoms with Crippen LogP contribution >= 0.6 is 11.6 Å². The molecule has 0 aliphatic heterocycles. The fourth-order valence-corrected chi connectivity index (χ4v) is 2.75. The number of hydrogen-bond acceptors (Lipinski definition) is 2.